The summed E-state index contributed by atoms with van der Waals surface area (Å²) < 4.78 is 52.1. The minimum absolute atomic E-state index is 0.102. The summed E-state index contributed by atoms with van der Waals surface area (Å²) in [6.45, 7) is 4.75. The van der Waals surface area contributed by atoms with E-state index >= 15 is 0 Å². The number of hydrogen-bond donors (Lipinski definition) is 1. The number of fused-ring (bicyclic) bond motifs is 1. The number of hydrogen-bond acceptors (Lipinski definition) is 8. The summed E-state index contributed by atoms with van der Waals surface area (Å²) in [5, 5.41) is 7.19. The first-order chi connectivity index (χ1) is 14.9. The van der Waals surface area contributed by atoms with E-state index in [0.717, 1.165) is 11.8 Å². The largest absolute Gasteiger partial charge is 0.489 e. The van der Waals surface area contributed by atoms with Gasteiger partial charge in [0.25, 0.3) is 15.7 Å². The van der Waals surface area contributed by atoms with Crippen molar-refractivity contribution in [3.63, 3.8) is 0 Å². The summed E-state index contributed by atoms with van der Waals surface area (Å²) >= 11 is 0. The van der Waals surface area contributed by atoms with Crippen molar-refractivity contribution in [3.8, 4) is 5.75 Å². The average Bonchev–Trinajstić information content (AvgIpc) is 2.72. The summed E-state index contributed by atoms with van der Waals surface area (Å²) in [4.78, 5) is 24.2. The molecule has 0 saturated carbocycles. The fourth-order valence-electron chi connectivity index (χ4n) is 2.49. The maximum atomic E-state index is 13.1. The molecule has 2 aromatic rings. The van der Waals surface area contributed by atoms with E-state index in [-0.39, 0.29) is 25.3 Å². The molecule has 0 radical (unpaired) electrons. The number of halogens is 1. The van der Waals surface area contributed by atoms with Crippen LogP contribution in [0.3, 0.4) is 0 Å². The molecule has 0 spiro atoms. The Morgan fingerprint density at radius 2 is 2.03 bits per heavy atom. The number of amides is 1. The van der Waals surface area contributed by atoms with Gasteiger partial charge in [0.2, 0.25) is 0 Å². The first-order valence-corrected chi connectivity index (χ1v) is 11.2. The van der Waals surface area contributed by atoms with Gasteiger partial charge in [-0.1, -0.05) is 0 Å². The third-order valence-corrected chi connectivity index (χ3v) is 5.26. The molecule has 1 amide bonds. The summed E-state index contributed by atoms with van der Waals surface area (Å²) in [6.07, 6.45) is 1.06. The Labute approximate surface area is 185 Å². The summed E-state index contributed by atoms with van der Waals surface area (Å²) in [7, 11) is -2.68. The average molecular weight is 472 g/mol. The molecule has 0 atom stereocenters. The Morgan fingerprint density at radius 1 is 1.31 bits per heavy atom. The third-order valence-electron chi connectivity index (χ3n) is 4.07. The zero-order valence-corrected chi connectivity index (χ0v) is 19.1. The minimum atomic E-state index is -3.72. The Morgan fingerprint density at radius 3 is 2.66 bits per heavy atom. The number of carbonyl (C=O) groups excluding carboxylic acids is 1. The second-order valence-electron chi connectivity index (χ2n) is 7.76. The van der Waals surface area contributed by atoms with E-state index < -0.39 is 33.1 Å². The maximum absolute atomic E-state index is 13.1. The molecule has 1 aromatic heterocycles. The summed E-state index contributed by atoms with van der Waals surface area (Å²) in [6, 6.07) is 4.59. The molecule has 0 aliphatic carbocycles. The Balaban J connectivity index is 2.02. The standard InChI is InChI=1S/C20H26FN3O7S/c1-20(2,3)31-19(26)22-11-14(10-21)13-30-16-5-6-17-15(9-16)12-23-24(18(17)25)7-8-32(27,28)29-4/h5-6,9-10,12H,7-8,11,13H2,1-4H3,(H,22,26). The molecular weight excluding hydrogens is 445 g/mol. The first kappa shape index (κ1) is 25.3. The van der Waals surface area contributed by atoms with Gasteiger partial charge in [-0.3, -0.25) is 8.98 Å². The van der Waals surface area contributed by atoms with Crippen LogP contribution in [0.2, 0.25) is 0 Å². The molecule has 32 heavy (non-hydrogen) atoms. The van der Waals surface area contributed by atoms with E-state index in [2.05, 4.69) is 14.6 Å². The van der Waals surface area contributed by atoms with Gasteiger partial charge in [-0.25, -0.2) is 13.9 Å². The smallest absolute Gasteiger partial charge is 0.407 e. The van der Waals surface area contributed by atoms with E-state index in [1.807, 2.05) is 0 Å². The first-order valence-electron chi connectivity index (χ1n) is 9.60. The monoisotopic (exact) mass is 471 g/mol. The number of alkyl carbamates (subject to hydrolysis) is 1. The van der Waals surface area contributed by atoms with Crippen molar-refractivity contribution in [1.29, 1.82) is 0 Å². The highest BCUT2D eigenvalue weighted by Gasteiger charge is 2.16. The SMILES string of the molecule is COS(=O)(=O)CCn1ncc2cc(OCC(=CF)CNC(=O)OC(C)(C)C)ccc2c1=O. The molecule has 1 heterocycles. The highest BCUT2D eigenvalue weighted by molar-refractivity contribution is 7.86. The molecule has 0 aliphatic rings. The fourth-order valence-corrected chi connectivity index (χ4v) is 3.06. The van der Waals surface area contributed by atoms with Crippen LogP contribution in [-0.2, 0) is 25.6 Å². The lowest BCUT2D eigenvalue weighted by Gasteiger charge is -2.20. The number of nitrogens with zero attached hydrogens (tertiary/aromatic N) is 2. The molecule has 0 aliphatic heterocycles. The molecule has 0 fully saturated rings. The lowest BCUT2D eigenvalue weighted by atomic mass is 10.2. The van der Waals surface area contributed by atoms with Gasteiger partial charge in [-0.15, -0.1) is 0 Å². The van der Waals surface area contributed by atoms with E-state index in [0.29, 0.717) is 22.9 Å². The van der Waals surface area contributed by atoms with Gasteiger partial charge in [0.05, 0.1) is 37.3 Å². The van der Waals surface area contributed by atoms with Crippen LogP contribution in [0, 0.1) is 0 Å². The molecule has 176 valence electrons. The molecule has 12 heteroatoms. The van der Waals surface area contributed by atoms with Gasteiger partial charge in [-0.2, -0.15) is 13.5 Å². The molecule has 2 rings (SSSR count). The van der Waals surface area contributed by atoms with Gasteiger partial charge in [0.1, 0.15) is 18.0 Å². The highest BCUT2D eigenvalue weighted by atomic mass is 32.2. The number of rotatable bonds is 9. The van der Waals surface area contributed by atoms with Gasteiger partial charge in [0, 0.05) is 17.5 Å². The van der Waals surface area contributed by atoms with E-state index in [1.165, 1.54) is 18.3 Å². The van der Waals surface area contributed by atoms with Crippen LogP contribution in [-0.4, -0.2) is 55.9 Å². The zero-order chi connectivity index (χ0) is 23.9. The molecule has 0 saturated heterocycles. The second-order valence-corrected chi connectivity index (χ2v) is 9.62. The van der Waals surface area contributed by atoms with Crippen molar-refractivity contribution in [3.05, 3.63) is 46.7 Å². The summed E-state index contributed by atoms with van der Waals surface area (Å²) in [5.74, 6) is -0.0336. The molecule has 1 N–H and O–H groups in total. The maximum Gasteiger partial charge on any atom is 0.407 e. The van der Waals surface area contributed by atoms with Crippen molar-refractivity contribution < 1.29 is 31.3 Å². The van der Waals surface area contributed by atoms with Crippen molar-refractivity contribution >= 4 is 27.0 Å². The number of nitrogens with one attached hydrogen (secondary N) is 1. The van der Waals surface area contributed by atoms with Crippen molar-refractivity contribution in [2.75, 3.05) is 26.0 Å². The number of aryl methyl sites for hydroxylation is 1. The minimum Gasteiger partial charge on any atom is -0.489 e. The van der Waals surface area contributed by atoms with E-state index in [4.69, 9.17) is 9.47 Å². The van der Waals surface area contributed by atoms with Crippen LogP contribution in [0.4, 0.5) is 9.18 Å². The molecule has 10 nitrogen and oxygen atoms in total. The van der Waals surface area contributed by atoms with Crippen LogP contribution in [0.5, 0.6) is 5.75 Å². The van der Waals surface area contributed by atoms with E-state index in [1.54, 1.807) is 26.8 Å². The second kappa shape index (κ2) is 10.6. The molecular formula is C20H26FN3O7S. The van der Waals surface area contributed by atoms with Crippen LogP contribution >= 0.6 is 0 Å². The van der Waals surface area contributed by atoms with Crippen LogP contribution in [0.25, 0.3) is 10.8 Å². The van der Waals surface area contributed by atoms with Crippen LogP contribution in [0.15, 0.2) is 41.1 Å². The van der Waals surface area contributed by atoms with Gasteiger partial charge < -0.3 is 14.8 Å². The molecule has 1 aromatic carbocycles. The predicted octanol–water partition coefficient (Wildman–Crippen LogP) is 2.13. The Kier molecular flexibility index (Phi) is 8.33. The lowest BCUT2D eigenvalue weighted by molar-refractivity contribution is 0.0531. The lowest BCUT2D eigenvalue weighted by Crippen LogP contribution is -2.34. The van der Waals surface area contributed by atoms with Gasteiger partial charge in [-0.05, 0) is 39.0 Å². The Bertz CT molecular complexity index is 1150. The quantitative estimate of drug-likeness (QED) is 0.551. The third kappa shape index (κ3) is 7.61. The molecule has 0 bridgehead atoms. The van der Waals surface area contributed by atoms with E-state index in [9.17, 15) is 22.4 Å². The van der Waals surface area contributed by atoms with Crippen LogP contribution in [0.1, 0.15) is 20.8 Å². The number of benzene rings is 1. The van der Waals surface area contributed by atoms with Crippen LogP contribution < -0.4 is 15.6 Å². The number of carbonyl (C=O) groups is 1. The topological polar surface area (TPSA) is 126 Å². The normalized spacial score (nSPS) is 12.6. The van der Waals surface area contributed by atoms with Gasteiger partial charge in [0.15, 0.2) is 0 Å². The summed E-state index contributed by atoms with van der Waals surface area (Å²) in [5.41, 5.74) is -0.967. The predicted molar refractivity (Wildman–Crippen MR) is 116 cm³/mol. The van der Waals surface area contributed by atoms with Crippen molar-refractivity contribution in [2.45, 2.75) is 32.9 Å². The van der Waals surface area contributed by atoms with Crippen molar-refractivity contribution in [2.24, 2.45) is 0 Å². The Hall–Kier alpha value is -2.99. The fraction of sp³-hybridized carbons (Fsp3) is 0.450. The van der Waals surface area contributed by atoms with Crippen molar-refractivity contribution in [1.82, 2.24) is 15.1 Å². The molecule has 0 unspecified atom stereocenters. The highest BCUT2D eigenvalue weighted by Crippen LogP contribution is 2.18. The van der Waals surface area contributed by atoms with Gasteiger partial charge >= 0.3 is 6.09 Å². The number of aromatic nitrogens is 2. The zero-order valence-electron chi connectivity index (χ0n) is 18.3. The number of ether oxygens (including phenoxy) is 2.